The molecule has 2 heteroatoms. The Hall–Kier alpha value is -1.41. The molecule has 2 aromatic carbocycles. The van der Waals surface area contributed by atoms with Gasteiger partial charge in [0.15, 0.2) is 0 Å². The van der Waals surface area contributed by atoms with E-state index in [1.807, 2.05) is 0 Å². The van der Waals surface area contributed by atoms with Crippen molar-refractivity contribution in [3.8, 4) is 0 Å². The smallest absolute Gasteiger partial charge is 0.0536 e. The molecule has 2 heterocycles. The Morgan fingerprint density at radius 1 is 1.00 bits per heavy atom. The molecule has 0 radical (unpaired) electrons. The highest BCUT2D eigenvalue weighted by molar-refractivity contribution is 7.86. The lowest BCUT2D eigenvalue weighted by molar-refractivity contribution is 0.674. The molecule has 1 nitrogen and oxygen atoms in total. The Bertz CT molecular complexity index is 807. The van der Waals surface area contributed by atoms with Crippen LogP contribution in [0.1, 0.15) is 36.0 Å². The zero-order chi connectivity index (χ0) is 14.0. The van der Waals surface area contributed by atoms with Gasteiger partial charge in [0.1, 0.15) is 0 Å². The fourth-order valence-electron chi connectivity index (χ4n) is 4.43. The minimum atomic E-state index is -0.620. The Kier molecular flexibility index (Phi) is 2.49. The third-order valence-corrected chi connectivity index (χ3v) is 7.49. The van der Waals surface area contributed by atoms with Crippen LogP contribution in [0.3, 0.4) is 0 Å². The van der Waals surface area contributed by atoms with Gasteiger partial charge in [-0.05, 0) is 65.1 Å². The summed E-state index contributed by atoms with van der Waals surface area (Å²) >= 11 is 0. The maximum absolute atomic E-state index is 12.2. The number of rotatable bonds is 1. The molecule has 2 aliphatic heterocycles. The Morgan fingerprint density at radius 2 is 1.86 bits per heavy atom. The summed E-state index contributed by atoms with van der Waals surface area (Å²) in [6, 6.07) is 11.4. The predicted molar refractivity (Wildman–Crippen MR) is 88.9 cm³/mol. The molecule has 3 unspecified atom stereocenters. The molecule has 21 heavy (non-hydrogen) atoms. The quantitative estimate of drug-likeness (QED) is 0.777. The second-order valence-corrected chi connectivity index (χ2v) is 8.50. The zero-order valence-electron chi connectivity index (χ0n) is 12.0. The van der Waals surface area contributed by atoms with E-state index in [9.17, 15) is 4.21 Å². The van der Waals surface area contributed by atoms with Gasteiger partial charge in [-0.1, -0.05) is 36.4 Å². The average Bonchev–Trinajstić information content (AvgIpc) is 2.99. The maximum atomic E-state index is 12.2. The van der Waals surface area contributed by atoms with Gasteiger partial charge in [-0.2, -0.15) is 0 Å². The summed E-state index contributed by atoms with van der Waals surface area (Å²) in [7, 11) is -0.620. The van der Waals surface area contributed by atoms with Gasteiger partial charge in [0.2, 0.25) is 0 Å². The van der Waals surface area contributed by atoms with Crippen LogP contribution < -0.4 is 0 Å². The standard InChI is InChI=1S/C19H18OS/c20-21-15-7-8-16(21)11-14(10-15)17-9-6-13-5-4-12-2-1-3-18(17)19(12)13/h1-3,6,9-10,15-16H,4-5,7-8,11H2. The van der Waals surface area contributed by atoms with Gasteiger partial charge in [0, 0.05) is 16.0 Å². The normalized spacial score (nSPS) is 29.9. The van der Waals surface area contributed by atoms with Crippen LogP contribution in [-0.4, -0.2) is 14.7 Å². The van der Waals surface area contributed by atoms with Crippen LogP contribution >= 0.6 is 0 Å². The van der Waals surface area contributed by atoms with E-state index in [1.54, 1.807) is 0 Å². The highest BCUT2D eigenvalue weighted by Crippen LogP contribution is 2.42. The number of allylic oxidation sites excluding steroid dienone is 1. The van der Waals surface area contributed by atoms with Gasteiger partial charge in [-0.25, -0.2) is 0 Å². The molecule has 0 saturated carbocycles. The first-order chi connectivity index (χ1) is 10.3. The van der Waals surface area contributed by atoms with Crippen LogP contribution in [0.25, 0.3) is 16.3 Å². The third kappa shape index (κ3) is 1.66. The van der Waals surface area contributed by atoms with Crippen molar-refractivity contribution >= 4 is 27.1 Å². The molecule has 1 fully saturated rings. The lowest BCUT2D eigenvalue weighted by Crippen LogP contribution is -2.19. The topological polar surface area (TPSA) is 17.1 Å². The van der Waals surface area contributed by atoms with Gasteiger partial charge in [0.25, 0.3) is 0 Å². The van der Waals surface area contributed by atoms with Gasteiger partial charge >= 0.3 is 0 Å². The van der Waals surface area contributed by atoms with Crippen molar-refractivity contribution in [3.05, 3.63) is 53.1 Å². The van der Waals surface area contributed by atoms with E-state index in [0.717, 1.165) is 19.3 Å². The van der Waals surface area contributed by atoms with Crippen LogP contribution in [-0.2, 0) is 23.6 Å². The van der Waals surface area contributed by atoms with E-state index in [2.05, 4.69) is 36.4 Å². The zero-order valence-corrected chi connectivity index (χ0v) is 12.8. The minimum Gasteiger partial charge on any atom is -0.259 e. The van der Waals surface area contributed by atoms with Crippen molar-refractivity contribution in [2.24, 2.45) is 0 Å². The molecule has 0 N–H and O–H groups in total. The summed E-state index contributed by atoms with van der Waals surface area (Å²) in [5, 5.41) is 3.62. The van der Waals surface area contributed by atoms with Crippen molar-refractivity contribution in [2.45, 2.75) is 42.6 Å². The summed E-state index contributed by atoms with van der Waals surface area (Å²) < 4.78 is 12.2. The molecule has 2 aromatic rings. The Labute approximate surface area is 127 Å². The molecule has 1 saturated heterocycles. The van der Waals surface area contributed by atoms with Crippen molar-refractivity contribution in [2.75, 3.05) is 0 Å². The number of benzene rings is 2. The second kappa shape index (κ2) is 4.30. The van der Waals surface area contributed by atoms with E-state index < -0.39 is 10.8 Å². The molecule has 2 bridgehead atoms. The number of hydrogen-bond acceptors (Lipinski definition) is 1. The third-order valence-electron chi connectivity index (χ3n) is 5.46. The van der Waals surface area contributed by atoms with Gasteiger partial charge in [-0.3, -0.25) is 4.21 Å². The lowest BCUT2D eigenvalue weighted by atomic mass is 9.93. The minimum absolute atomic E-state index is 0.307. The van der Waals surface area contributed by atoms with E-state index in [1.165, 1.54) is 45.9 Å². The molecule has 0 spiro atoms. The van der Waals surface area contributed by atoms with E-state index >= 15 is 0 Å². The summed E-state index contributed by atoms with van der Waals surface area (Å²) in [4.78, 5) is 0. The molecular formula is C19H18OS. The van der Waals surface area contributed by atoms with Crippen molar-refractivity contribution in [1.29, 1.82) is 0 Å². The summed E-state index contributed by atoms with van der Waals surface area (Å²) in [5.41, 5.74) is 5.85. The van der Waals surface area contributed by atoms with Crippen molar-refractivity contribution in [1.82, 2.24) is 0 Å². The molecular weight excluding hydrogens is 276 g/mol. The summed E-state index contributed by atoms with van der Waals surface area (Å²) in [5.74, 6) is 0. The van der Waals surface area contributed by atoms with Gasteiger partial charge < -0.3 is 0 Å². The Morgan fingerprint density at radius 3 is 2.71 bits per heavy atom. The maximum Gasteiger partial charge on any atom is 0.0536 e. The largest absolute Gasteiger partial charge is 0.259 e. The van der Waals surface area contributed by atoms with Crippen LogP contribution in [0.2, 0.25) is 0 Å². The van der Waals surface area contributed by atoms with E-state index in [4.69, 9.17) is 0 Å². The molecule has 0 aromatic heterocycles. The van der Waals surface area contributed by atoms with Crippen LogP contribution in [0.5, 0.6) is 0 Å². The molecule has 0 amide bonds. The predicted octanol–water partition coefficient (Wildman–Crippen LogP) is 4.01. The number of aryl methyl sites for hydroxylation is 2. The number of hydrogen-bond donors (Lipinski definition) is 0. The first kappa shape index (κ1) is 12.2. The monoisotopic (exact) mass is 294 g/mol. The van der Waals surface area contributed by atoms with E-state index in [-0.39, 0.29) is 0 Å². The highest BCUT2D eigenvalue weighted by Gasteiger charge is 2.36. The first-order valence-corrected chi connectivity index (χ1v) is 9.23. The van der Waals surface area contributed by atoms with Crippen LogP contribution in [0.4, 0.5) is 0 Å². The summed E-state index contributed by atoms with van der Waals surface area (Å²) in [6.07, 6.45) is 7.94. The number of fused-ring (bicyclic) bond motifs is 2. The molecule has 3 aliphatic rings. The van der Waals surface area contributed by atoms with Crippen molar-refractivity contribution in [3.63, 3.8) is 0 Å². The van der Waals surface area contributed by atoms with Gasteiger partial charge in [-0.15, -0.1) is 0 Å². The molecule has 106 valence electrons. The highest BCUT2D eigenvalue weighted by atomic mass is 32.2. The summed E-state index contributed by atoms with van der Waals surface area (Å²) in [6.45, 7) is 0. The molecule has 3 atom stereocenters. The fraction of sp³-hybridized carbons (Fsp3) is 0.368. The molecule has 5 rings (SSSR count). The molecule has 1 aliphatic carbocycles. The van der Waals surface area contributed by atoms with Crippen LogP contribution in [0, 0.1) is 0 Å². The van der Waals surface area contributed by atoms with Gasteiger partial charge in [0.05, 0.1) is 5.25 Å². The van der Waals surface area contributed by atoms with Crippen molar-refractivity contribution < 1.29 is 4.21 Å². The second-order valence-electron chi connectivity index (χ2n) is 6.57. The first-order valence-electron chi connectivity index (χ1n) is 7.95. The van der Waals surface area contributed by atoms with E-state index in [0.29, 0.717) is 10.5 Å². The fourth-order valence-corrected chi connectivity index (χ4v) is 6.30. The van der Waals surface area contributed by atoms with Crippen LogP contribution in [0.15, 0.2) is 36.4 Å². The Balaban J connectivity index is 1.73. The SMILES string of the molecule is O=S1C2C=C(c3ccc4c5c(cccc35)CC4)CC1CC2. The average molecular weight is 294 g/mol. The lowest BCUT2D eigenvalue weighted by Gasteiger charge is -2.21.